The van der Waals surface area contributed by atoms with Gasteiger partial charge in [-0.15, -0.1) is 0 Å². The van der Waals surface area contributed by atoms with E-state index in [0.29, 0.717) is 5.75 Å². The van der Waals surface area contributed by atoms with E-state index in [2.05, 4.69) is 0 Å². The molecule has 0 aromatic heterocycles. The summed E-state index contributed by atoms with van der Waals surface area (Å²) < 4.78 is 4.88. The van der Waals surface area contributed by atoms with Gasteiger partial charge in [-0.3, -0.25) is 0 Å². The molecule has 14 heavy (non-hydrogen) atoms. The van der Waals surface area contributed by atoms with Crippen LogP contribution in [-0.2, 0) is 0 Å². The monoisotopic (exact) mass is 192 g/mol. The zero-order valence-electron chi connectivity index (χ0n) is 7.90. The maximum absolute atomic E-state index is 9.44. The van der Waals surface area contributed by atoms with E-state index < -0.39 is 0 Å². The van der Waals surface area contributed by atoms with Gasteiger partial charge in [-0.05, 0) is 17.7 Å². The molecule has 0 aliphatic rings. The first-order valence-electron chi connectivity index (χ1n) is 4.18. The Morgan fingerprint density at radius 3 is 2.86 bits per heavy atom. The Bertz CT molecular complexity index is 358. The van der Waals surface area contributed by atoms with Crippen molar-refractivity contribution >= 4 is 0 Å². The molecule has 0 unspecified atom stereocenters. The van der Waals surface area contributed by atoms with Gasteiger partial charge in [0.15, 0.2) is 11.5 Å². The number of nitriles is 1. The molecule has 0 radical (unpaired) electrons. The van der Waals surface area contributed by atoms with Crippen molar-refractivity contribution in [1.29, 1.82) is 5.26 Å². The number of aromatic hydroxyl groups is 1. The van der Waals surface area contributed by atoms with Gasteiger partial charge in [-0.2, -0.15) is 5.26 Å². The van der Waals surface area contributed by atoms with E-state index in [9.17, 15) is 5.11 Å². The lowest BCUT2D eigenvalue weighted by Crippen LogP contribution is -2.08. The summed E-state index contributed by atoms with van der Waals surface area (Å²) in [6.07, 6.45) is 0.228. The first-order chi connectivity index (χ1) is 6.69. The Labute approximate surface area is 82.5 Å². The minimum Gasteiger partial charge on any atom is -0.504 e. The molecular formula is C10H12N2O2. The minimum absolute atomic E-state index is 0.0402. The van der Waals surface area contributed by atoms with Crippen molar-refractivity contribution in [3.8, 4) is 17.6 Å². The summed E-state index contributed by atoms with van der Waals surface area (Å²) in [5.41, 5.74) is 6.42. The molecule has 74 valence electrons. The Morgan fingerprint density at radius 1 is 1.64 bits per heavy atom. The molecule has 1 aromatic carbocycles. The van der Waals surface area contributed by atoms with Crippen LogP contribution >= 0.6 is 0 Å². The third-order valence-electron chi connectivity index (χ3n) is 1.94. The highest BCUT2D eigenvalue weighted by molar-refractivity contribution is 5.42. The van der Waals surface area contributed by atoms with Crippen molar-refractivity contribution in [2.75, 3.05) is 7.11 Å². The summed E-state index contributed by atoms with van der Waals surface area (Å²) in [7, 11) is 1.48. The van der Waals surface area contributed by atoms with Crippen molar-refractivity contribution in [2.24, 2.45) is 5.73 Å². The Hall–Kier alpha value is -1.73. The zero-order valence-corrected chi connectivity index (χ0v) is 7.90. The fourth-order valence-corrected chi connectivity index (χ4v) is 1.15. The second-order valence-electron chi connectivity index (χ2n) is 2.90. The van der Waals surface area contributed by atoms with Crippen LogP contribution in [-0.4, -0.2) is 12.2 Å². The van der Waals surface area contributed by atoms with Crippen LogP contribution in [0.1, 0.15) is 18.0 Å². The number of rotatable bonds is 3. The van der Waals surface area contributed by atoms with Crippen LogP contribution in [0.4, 0.5) is 0 Å². The summed E-state index contributed by atoms with van der Waals surface area (Å²) in [6.45, 7) is 0. The standard InChI is InChI=1S/C10H12N2O2/c1-14-10-3-2-7(6-9(10)13)8(12)4-5-11/h2-3,6,8,13H,4,12H2,1H3/t8-/m1/s1. The molecule has 0 spiro atoms. The largest absolute Gasteiger partial charge is 0.504 e. The minimum atomic E-state index is -0.364. The molecule has 0 aliphatic carbocycles. The van der Waals surface area contributed by atoms with Gasteiger partial charge >= 0.3 is 0 Å². The molecule has 0 amide bonds. The number of hydrogen-bond acceptors (Lipinski definition) is 4. The lowest BCUT2D eigenvalue weighted by atomic mass is 10.0. The molecule has 0 bridgehead atoms. The number of phenols is 1. The highest BCUT2D eigenvalue weighted by Gasteiger charge is 2.08. The van der Waals surface area contributed by atoms with E-state index in [0.717, 1.165) is 5.56 Å². The highest BCUT2D eigenvalue weighted by atomic mass is 16.5. The van der Waals surface area contributed by atoms with Crippen molar-refractivity contribution < 1.29 is 9.84 Å². The molecule has 4 nitrogen and oxygen atoms in total. The summed E-state index contributed by atoms with van der Waals surface area (Å²) in [6, 6.07) is 6.49. The second kappa shape index (κ2) is 4.49. The van der Waals surface area contributed by atoms with Crippen LogP contribution in [0.2, 0.25) is 0 Å². The molecule has 4 heteroatoms. The van der Waals surface area contributed by atoms with Gasteiger partial charge in [0.25, 0.3) is 0 Å². The maximum atomic E-state index is 9.44. The zero-order chi connectivity index (χ0) is 10.6. The van der Waals surface area contributed by atoms with E-state index in [-0.39, 0.29) is 18.2 Å². The number of phenolic OH excluding ortho intramolecular Hbond substituents is 1. The number of methoxy groups -OCH3 is 1. The molecule has 1 aromatic rings. The molecule has 0 saturated heterocycles. The van der Waals surface area contributed by atoms with Crippen LogP contribution in [0.3, 0.4) is 0 Å². The molecule has 0 saturated carbocycles. The van der Waals surface area contributed by atoms with Gasteiger partial charge in [-0.25, -0.2) is 0 Å². The Kier molecular flexibility index (Phi) is 3.32. The van der Waals surface area contributed by atoms with Crippen molar-refractivity contribution in [3.63, 3.8) is 0 Å². The first kappa shape index (κ1) is 10.4. The van der Waals surface area contributed by atoms with Crippen molar-refractivity contribution in [3.05, 3.63) is 23.8 Å². The topological polar surface area (TPSA) is 79.3 Å². The SMILES string of the molecule is COc1ccc([C@H](N)CC#N)cc1O. The lowest BCUT2D eigenvalue weighted by molar-refractivity contribution is 0.373. The van der Waals surface area contributed by atoms with Crippen molar-refractivity contribution in [1.82, 2.24) is 0 Å². The maximum Gasteiger partial charge on any atom is 0.160 e. The van der Waals surface area contributed by atoms with E-state index in [1.165, 1.54) is 13.2 Å². The van der Waals surface area contributed by atoms with Gasteiger partial charge in [-0.1, -0.05) is 6.07 Å². The summed E-state index contributed by atoms with van der Waals surface area (Å²) in [5.74, 6) is 0.441. The van der Waals surface area contributed by atoms with Crippen LogP contribution < -0.4 is 10.5 Å². The van der Waals surface area contributed by atoms with Crippen LogP contribution in [0.15, 0.2) is 18.2 Å². The van der Waals surface area contributed by atoms with Crippen molar-refractivity contribution in [2.45, 2.75) is 12.5 Å². The van der Waals surface area contributed by atoms with Gasteiger partial charge < -0.3 is 15.6 Å². The fraction of sp³-hybridized carbons (Fsp3) is 0.300. The number of benzene rings is 1. The van der Waals surface area contributed by atoms with Gasteiger partial charge in [0.05, 0.1) is 19.6 Å². The lowest BCUT2D eigenvalue weighted by Gasteiger charge is -2.10. The average Bonchev–Trinajstić information content (AvgIpc) is 2.18. The summed E-state index contributed by atoms with van der Waals surface area (Å²) >= 11 is 0. The fourth-order valence-electron chi connectivity index (χ4n) is 1.15. The summed E-state index contributed by atoms with van der Waals surface area (Å²) in [4.78, 5) is 0. The molecule has 0 fully saturated rings. The average molecular weight is 192 g/mol. The van der Waals surface area contributed by atoms with Gasteiger partial charge in [0, 0.05) is 6.04 Å². The number of hydrogen-bond donors (Lipinski definition) is 2. The second-order valence-corrected chi connectivity index (χ2v) is 2.90. The number of nitrogens with two attached hydrogens (primary N) is 1. The smallest absolute Gasteiger partial charge is 0.160 e. The van der Waals surface area contributed by atoms with Crippen LogP contribution in [0.5, 0.6) is 11.5 Å². The van der Waals surface area contributed by atoms with Crippen LogP contribution in [0.25, 0.3) is 0 Å². The predicted molar refractivity (Wildman–Crippen MR) is 51.8 cm³/mol. The quantitative estimate of drug-likeness (QED) is 0.756. The predicted octanol–water partition coefficient (Wildman–Crippen LogP) is 1.31. The summed E-state index contributed by atoms with van der Waals surface area (Å²) in [5, 5.41) is 17.9. The number of nitrogens with zero attached hydrogens (tertiary/aromatic N) is 1. The van der Waals surface area contributed by atoms with Crippen LogP contribution in [0, 0.1) is 11.3 Å². The Balaban J connectivity index is 2.92. The molecular weight excluding hydrogens is 180 g/mol. The van der Waals surface area contributed by atoms with E-state index in [4.69, 9.17) is 15.7 Å². The number of ether oxygens (including phenoxy) is 1. The molecule has 1 rings (SSSR count). The Morgan fingerprint density at radius 2 is 2.36 bits per heavy atom. The molecule has 0 heterocycles. The molecule has 1 atom stereocenters. The van der Waals surface area contributed by atoms with E-state index >= 15 is 0 Å². The van der Waals surface area contributed by atoms with E-state index in [1.807, 2.05) is 6.07 Å². The third-order valence-corrected chi connectivity index (χ3v) is 1.94. The first-order valence-corrected chi connectivity index (χ1v) is 4.18. The highest BCUT2D eigenvalue weighted by Crippen LogP contribution is 2.28. The molecule has 0 aliphatic heterocycles. The molecule has 3 N–H and O–H groups in total. The third kappa shape index (κ3) is 2.15. The van der Waals surface area contributed by atoms with E-state index in [1.54, 1.807) is 12.1 Å². The normalized spacial score (nSPS) is 11.8. The van der Waals surface area contributed by atoms with Gasteiger partial charge in [0.1, 0.15) is 0 Å². The van der Waals surface area contributed by atoms with Gasteiger partial charge in [0.2, 0.25) is 0 Å².